The standard InChI is InChI=1S/C19H16Cl2F3NO5/c1-28-6-7-29-16-5-2-11(19(22,23)24)8-15(16)25-17(26)10-30-18(27)13-9-12(20)3-4-14(13)21/h2-5,8-9H,6-7,10H2,1H3,(H,25,26). The number of nitrogens with one attached hydrogen (secondary N) is 1. The van der Waals surface area contributed by atoms with Crippen molar-refractivity contribution in [2.24, 2.45) is 0 Å². The number of amides is 1. The molecular formula is C19H16Cl2F3NO5. The van der Waals surface area contributed by atoms with Crippen LogP contribution in [-0.2, 0) is 20.4 Å². The Bertz CT molecular complexity index is 922. The van der Waals surface area contributed by atoms with E-state index in [1.165, 1.54) is 25.3 Å². The first-order valence-electron chi connectivity index (χ1n) is 8.37. The van der Waals surface area contributed by atoms with Crippen molar-refractivity contribution in [3.8, 4) is 5.75 Å². The van der Waals surface area contributed by atoms with Crippen molar-refractivity contribution in [3.05, 3.63) is 57.6 Å². The summed E-state index contributed by atoms with van der Waals surface area (Å²) in [7, 11) is 1.43. The Labute approximate surface area is 179 Å². The van der Waals surface area contributed by atoms with E-state index in [1.54, 1.807) is 0 Å². The molecule has 1 N–H and O–H groups in total. The molecule has 0 aliphatic carbocycles. The van der Waals surface area contributed by atoms with Crippen LogP contribution in [0.4, 0.5) is 18.9 Å². The highest BCUT2D eigenvalue weighted by Crippen LogP contribution is 2.35. The molecule has 0 atom stereocenters. The summed E-state index contributed by atoms with van der Waals surface area (Å²) in [5.74, 6) is -1.80. The molecule has 11 heteroatoms. The second kappa shape index (κ2) is 10.5. The Hall–Kier alpha value is -2.49. The molecule has 2 aromatic carbocycles. The number of anilines is 1. The highest BCUT2D eigenvalue weighted by Gasteiger charge is 2.31. The summed E-state index contributed by atoms with van der Waals surface area (Å²) in [6, 6.07) is 6.72. The summed E-state index contributed by atoms with van der Waals surface area (Å²) < 4.78 is 54.0. The SMILES string of the molecule is COCCOc1ccc(C(F)(F)F)cc1NC(=O)COC(=O)c1cc(Cl)ccc1Cl. The fourth-order valence-electron chi connectivity index (χ4n) is 2.21. The van der Waals surface area contributed by atoms with Crippen molar-refractivity contribution in [2.45, 2.75) is 6.18 Å². The van der Waals surface area contributed by atoms with E-state index in [1.807, 2.05) is 0 Å². The van der Waals surface area contributed by atoms with Crippen molar-refractivity contribution < 1.29 is 37.0 Å². The number of alkyl halides is 3. The van der Waals surface area contributed by atoms with E-state index < -0.39 is 30.2 Å². The lowest BCUT2D eigenvalue weighted by molar-refractivity contribution is -0.137. The maximum absolute atomic E-state index is 13.0. The Morgan fingerprint density at radius 2 is 1.80 bits per heavy atom. The van der Waals surface area contributed by atoms with Gasteiger partial charge >= 0.3 is 12.1 Å². The van der Waals surface area contributed by atoms with Gasteiger partial charge in [-0.05, 0) is 36.4 Å². The predicted octanol–water partition coefficient (Wildman–Crippen LogP) is 4.83. The number of esters is 1. The first-order chi connectivity index (χ1) is 14.1. The Morgan fingerprint density at radius 1 is 1.07 bits per heavy atom. The van der Waals surface area contributed by atoms with Crippen molar-refractivity contribution >= 4 is 40.8 Å². The van der Waals surface area contributed by atoms with Gasteiger partial charge in [-0.3, -0.25) is 4.79 Å². The molecule has 0 radical (unpaired) electrons. The summed E-state index contributed by atoms with van der Waals surface area (Å²) in [4.78, 5) is 24.2. The summed E-state index contributed by atoms with van der Waals surface area (Å²) in [6.07, 6.45) is -4.62. The highest BCUT2D eigenvalue weighted by atomic mass is 35.5. The molecule has 0 fully saturated rings. The largest absolute Gasteiger partial charge is 0.489 e. The van der Waals surface area contributed by atoms with Crippen LogP contribution in [-0.4, -0.2) is 38.8 Å². The van der Waals surface area contributed by atoms with Gasteiger partial charge in [0.15, 0.2) is 6.61 Å². The number of benzene rings is 2. The van der Waals surface area contributed by atoms with E-state index in [0.29, 0.717) is 0 Å². The fourth-order valence-corrected chi connectivity index (χ4v) is 2.58. The first kappa shape index (κ1) is 23.8. The van der Waals surface area contributed by atoms with Crippen LogP contribution in [0.25, 0.3) is 0 Å². The average molecular weight is 466 g/mol. The lowest BCUT2D eigenvalue weighted by Crippen LogP contribution is -2.22. The topological polar surface area (TPSA) is 73.9 Å². The molecule has 162 valence electrons. The molecule has 0 bridgehead atoms. The molecule has 6 nitrogen and oxygen atoms in total. The summed E-state index contributed by atoms with van der Waals surface area (Å²) >= 11 is 11.7. The van der Waals surface area contributed by atoms with Gasteiger partial charge in [-0.1, -0.05) is 23.2 Å². The van der Waals surface area contributed by atoms with Gasteiger partial charge in [0.25, 0.3) is 5.91 Å². The smallest absolute Gasteiger partial charge is 0.416 e. The number of halogens is 5. The van der Waals surface area contributed by atoms with Crippen LogP contribution in [0.3, 0.4) is 0 Å². The van der Waals surface area contributed by atoms with Crippen molar-refractivity contribution in [2.75, 3.05) is 32.2 Å². The number of ether oxygens (including phenoxy) is 3. The lowest BCUT2D eigenvalue weighted by atomic mass is 10.1. The number of methoxy groups -OCH3 is 1. The van der Waals surface area contributed by atoms with E-state index in [9.17, 15) is 22.8 Å². The van der Waals surface area contributed by atoms with Crippen LogP contribution < -0.4 is 10.1 Å². The first-order valence-corrected chi connectivity index (χ1v) is 9.12. The van der Waals surface area contributed by atoms with Gasteiger partial charge in [-0.25, -0.2) is 4.79 Å². The van der Waals surface area contributed by atoms with Gasteiger partial charge in [0, 0.05) is 12.1 Å². The molecule has 0 aromatic heterocycles. The predicted molar refractivity (Wildman–Crippen MR) is 104 cm³/mol. The number of carbonyl (C=O) groups excluding carboxylic acids is 2. The van der Waals surface area contributed by atoms with Crippen molar-refractivity contribution in [1.82, 2.24) is 0 Å². The van der Waals surface area contributed by atoms with E-state index in [2.05, 4.69) is 5.32 Å². The molecule has 2 aromatic rings. The maximum Gasteiger partial charge on any atom is 0.416 e. The number of rotatable bonds is 8. The molecule has 0 saturated heterocycles. The average Bonchev–Trinajstić information content (AvgIpc) is 2.68. The second-order valence-electron chi connectivity index (χ2n) is 5.80. The highest BCUT2D eigenvalue weighted by molar-refractivity contribution is 6.35. The van der Waals surface area contributed by atoms with E-state index in [-0.39, 0.29) is 40.3 Å². The maximum atomic E-state index is 13.0. The van der Waals surface area contributed by atoms with Crippen LogP contribution in [0.1, 0.15) is 15.9 Å². The quantitative estimate of drug-likeness (QED) is 0.446. The molecule has 30 heavy (non-hydrogen) atoms. The minimum atomic E-state index is -4.62. The number of hydrogen-bond acceptors (Lipinski definition) is 5. The van der Waals surface area contributed by atoms with Crippen molar-refractivity contribution in [3.63, 3.8) is 0 Å². The molecule has 0 aliphatic rings. The third kappa shape index (κ3) is 6.79. The molecule has 2 rings (SSSR count). The Balaban J connectivity index is 2.09. The van der Waals surface area contributed by atoms with Crippen LogP contribution in [0.5, 0.6) is 5.75 Å². The minimum absolute atomic E-state index is 0.00221. The zero-order valence-corrected chi connectivity index (χ0v) is 17.0. The Kier molecular flexibility index (Phi) is 8.33. The van der Waals surface area contributed by atoms with Crippen LogP contribution in [0.15, 0.2) is 36.4 Å². The van der Waals surface area contributed by atoms with Gasteiger partial charge in [-0.15, -0.1) is 0 Å². The van der Waals surface area contributed by atoms with Gasteiger partial charge in [0.05, 0.1) is 28.4 Å². The van der Waals surface area contributed by atoms with Gasteiger partial charge < -0.3 is 19.5 Å². The zero-order valence-electron chi connectivity index (χ0n) is 15.5. The summed E-state index contributed by atoms with van der Waals surface area (Å²) in [5, 5.41) is 2.54. The molecule has 0 spiro atoms. The van der Waals surface area contributed by atoms with Crippen LogP contribution >= 0.6 is 23.2 Å². The number of hydrogen-bond donors (Lipinski definition) is 1. The fraction of sp³-hybridized carbons (Fsp3) is 0.263. The molecular weight excluding hydrogens is 450 g/mol. The molecule has 0 saturated carbocycles. The molecule has 0 aliphatic heterocycles. The third-order valence-electron chi connectivity index (χ3n) is 3.61. The normalized spacial score (nSPS) is 11.1. The second-order valence-corrected chi connectivity index (χ2v) is 6.64. The van der Waals surface area contributed by atoms with Crippen LogP contribution in [0, 0.1) is 0 Å². The van der Waals surface area contributed by atoms with E-state index >= 15 is 0 Å². The Morgan fingerprint density at radius 3 is 2.47 bits per heavy atom. The van der Waals surface area contributed by atoms with Crippen LogP contribution in [0.2, 0.25) is 10.0 Å². The summed E-state index contributed by atoms with van der Waals surface area (Å²) in [5.41, 5.74) is -1.28. The lowest BCUT2D eigenvalue weighted by Gasteiger charge is -2.15. The summed E-state index contributed by atoms with van der Waals surface area (Å²) in [6.45, 7) is -0.533. The third-order valence-corrected chi connectivity index (χ3v) is 4.17. The molecule has 0 unspecified atom stereocenters. The van der Waals surface area contributed by atoms with Gasteiger partial charge in [0.2, 0.25) is 0 Å². The van der Waals surface area contributed by atoms with Crippen molar-refractivity contribution in [1.29, 1.82) is 0 Å². The van der Waals surface area contributed by atoms with E-state index in [0.717, 1.165) is 18.2 Å². The van der Waals surface area contributed by atoms with Gasteiger partial charge in [-0.2, -0.15) is 13.2 Å². The molecule has 0 heterocycles. The minimum Gasteiger partial charge on any atom is -0.489 e. The van der Waals surface area contributed by atoms with E-state index in [4.69, 9.17) is 37.4 Å². The number of carbonyl (C=O) groups is 2. The molecule has 1 amide bonds. The zero-order chi connectivity index (χ0) is 22.3. The van der Waals surface area contributed by atoms with Gasteiger partial charge in [0.1, 0.15) is 12.4 Å². The monoisotopic (exact) mass is 465 g/mol.